The van der Waals surface area contributed by atoms with Crippen LogP contribution in [0.15, 0.2) is 18.6 Å². The standard InChI is InChI=1S/C23H34ClN7O2/c1-32-11-8-25-17-2-4-18(5-3-17)30-23-27-14-19(24)22(31-23)20-12-21(29-15-28-20)26-13-16-6-9-33-10-7-16/h12,14-18,25H,2-11,13H2,1H3,(H,26,28,29)(H,27,30,31). The van der Waals surface area contributed by atoms with Gasteiger partial charge in [-0.25, -0.2) is 19.9 Å². The molecule has 0 radical (unpaired) electrons. The Morgan fingerprint density at radius 1 is 1.06 bits per heavy atom. The van der Waals surface area contributed by atoms with E-state index >= 15 is 0 Å². The summed E-state index contributed by atoms with van der Waals surface area (Å²) < 4.78 is 10.6. The number of aromatic nitrogens is 4. The van der Waals surface area contributed by atoms with Gasteiger partial charge in [-0.1, -0.05) is 11.6 Å². The summed E-state index contributed by atoms with van der Waals surface area (Å²) in [6.45, 7) is 4.18. The molecule has 0 bridgehead atoms. The summed E-state index contributed by atoms with van der Waals surface area (Å²) in [7, 11) is 1.73. The maximum atomic E-state index is 6.44. The number of halogens is 1. The van der Waals surface area contributed by atoms with Crippen LogP contribution in [0.2, 0.25) is 5.02 Å². The number of rotatable bonds is 10. The van der Waals surface area contributed by atoms with Gasteiger partial charge in [-0.05, 0) is 44.4 Å². The minimum Gasteiger partial charge on any atom is -0.383 e. The second-order valence-corrected chi connectivity index (χ2v) is 9.16. The number of ether oxygens (including phenoxy) is 2. The van der Waals surface area contributed by atoms with Crippen LogP contribution in [0, 0.1) is 5.92 Å². The number of hydrogen-bond donors (Lipinski definition) is 3. The summed E-state index contributed by atoms with van der Waals surface area (Å²) in [6, 6.07) is 2.79. The molecule has 2 fully saturated rings. The van der Waals surface area contributed by atoms with Crippen molar-refractivity contribution in [2.24, 2.45) is 5.92 Å². The molecule has 3 N–H and O–H groups in total. The average Bonchev–Trinajstić information content (AvgIpc) is 2.86. The fraction of sp³-hybridized carbons (Fsp3) is 0.652. The summed E-state index contributed by atoms with van der Waals surface area (Å²) in [5, 5.41) is 10.9. The zero-order chi connectivity index (χ0) is 22.9. The van der Waals surface area contributed by atoms with Crippen molar-refractivity contribution in [1.82, 2.24) is 25.3 Å². The highest BCUT2D eigenvalue weighted by molar-refractivity contribution is 6.32. The van der Waals surface area contributed by atoms with Gasteiger partial charge >= 0.3 is 0 Å². The molecule has 2 aromatic rings. The van der Waals surface area contributed by atoms with Gasteiger partial charge < -0.3 is 25.4 Å². The molecule has 0 spiro atoms. The van der Waals surface area contributed by atoms with Gasteiger partial charge in [0.15, 0.2) is 0 Å². The van der Waals surface area contributed by atoms with Crippen LogP contribution >= 0.6 is 11.6 Å². The van der Waals surface area contributed by atoms with Gasteiger partial charge in [-0.15, -0.1) is 0 Å². The summed E-state index contributed by atoms with van der Waals surface area (Å²) in [5.41, 5.74) is 1.29. The van der Waals surface area contributed by atoms with Gasteiger partial charge in [0.1, 0.15) is 17.8 Å². The first-order chi connectivity index (χ1) is 16.2. The molecule has 9 nitrogen and oxygen atoms in total. The Labute approximate surface area is 200 Å². The lowest BCUT2D eigenvalue weighted by Crippen LogP contribution is -2.38. The Kier molecular flexibility index (Phi) is 9.05. The Hall–Kier alpha value is -2.07. The van der Waals surface area contributed by atoms with E-state index in [0.29, 0.717) is 40.4 Å². The molecule has 2 aliphatic rings. The van der Waals surface area contributed by atoms with Gasteiger partial charge in [-0.3, -0.25) is 0 Å². The number of nitrogens with one attached hydrogen (secondary N) is 3. The van der Waals surface area contributed by atoms with E-state index in [1.807, 2.05) is 6.07 Å². The molecule has 0 aromatic carbocycles. The van der Waals surface area contributed by atoms with Crippen molar-refractivity contribution < 1.29 is 9.47 Å². The van der Waals surface area contributed by atoms with Crippen LogP contribution in [0.5, 0.6) is 0 Å². The van der Waals surface area contributed by atoms with Crippen LogP contribution in [0.1, 0.15) is 38.5 Å². The van der Waals surface area contributed by atoms with E-state index in [9.17, 15) is 0 Å². The molecule has 1 aliphatic heterocycles. The van der Waals surface area contributed by atoms with Gasteiger partial charge in [0.25, 0.3) is 0 Å². The molecular weight excluding hydrogens is 442 g/mol. The molecule has 4 rings (SSSR count). The summed E-state index contributed by atoms with van der Waals surface area (Å²) in [6.07, 6.45) is 9.71. The molecule has 2 aromatic heterocycles. The zero-order valence-corrected chi connectivity index (χ0v) is 20.0. The average molecular weight is 476 g/mol. The molecule has 0 unspecified atom stereocenters. The first-order valence-electron chi connectivity index (χ1n) is 11.9. The monoisotopic (exact) mass is 475 g/mol. The van der Waals surface area contributed by atoms with E-state index in [1.165, 1.54) is 0 Å². The van der Waals surface area contributed by atoms with E-state index in [2.05, 4.69) is 35.9 Å². The van der Waals surface area contributed by atoms with E-state index in [4.69, 9.17) is 21.1 Å². The van der Waals surface area contributed by atoms with E-state index < -0.39 is 0 Å². The third-order valence-electron chi connectivity index (χ3n) is 6.37. The second kappa shape index (κ2) is 12.4. The topological polar surface area (TPSA) is 106 Å². The van der Waals surface area contributed by atoms with Gasteiger partial charge in [-0.2, -0.15) is 0 Å². The van der Waals surface area contributed by atoms with Crippen LogP contribution in [0.3, 0.4) is 0 Å². The number of methoxy groups -OCH3 is 1. The van der Waals surface area contributed by atoms with Crippen molar-refractivity contribution in [1.29, 1.82) is 0 Å². The van der Waals surface area contributed by atoms with Crippen molar-refractivity contribution in [3.63, 3.8) is 0 Å². The Bertz CT molecular complexity index is 874. The molecule has 33 heavy (non-hydrogen) atoms. The smallest absolute Gasteiger partial charge is 0.223 e. The van der Waals surface area contributed by atoms with Crippen LogP contribution in [-0.4, -0.2) is 72.0 Å². The first-order valence-corrected chi connectivity index (χ1v) is 12.2. The Balaban J connectivity index is 1.34. The molecule has 1 saturated carbocycles. The third kappa shape index (κ3) is 7.20. The maximum Gasteiger partial charge on any atom is 0.223 e. The van der Waals surface area contributed by atoms with Crippen molar-refractivity contribution in [3.05, 3.63) is 23.6 Å². The van der Waals surface area contributed by atoms with Crippen molar-refractivity contribution in [2.75, 3.05) is 50.7 Å². The van der Waals surface area contributed by atoms with E-state index in [-0.39, 0.29) is 0 Å². The van der Waals surface area contributed by atoms with E-state index in [0.717, 1.165) is 77.3 Å². The number of hydrogen-bond acceptors (Lipinski definition) is 9. The summed E-state index contributed by atoms with van der Waals surface area (Å²) in [5.74, 6) is 1.95. The molecule has 3 heterocycles. The molecule has 1 saturated heterocycles. The zero-order valence-electron chi connectivity index (χ0n) is 19.2. The molecule has 10 heteroatoms. The third-order valence-corrected chi connectivity index (χ3v) is 6.64. The molecule has 0 atom stereocenters. The highest BCUT2D eigenvalue weighted by atomic mass is 35.5. The maximum absolute atomic E-state index is 6.44. The summed E-state index contributed by atoms with van der Waals surface area (Å²) in [4.78, 5) is 17.9. The number of nitrogens with zero attached hydrogens (tertiary/aromatic N) is 4. The molecule has 0 amide bonds. The fourth-order valence-corrected chi connectivity index (χ4v) is 4.58. The first kappa shape index (κ1) is 24.1. The normalized spacial score (nSPS) is 21.6. The van der Waals surface area contributed by atoms with E-state index in [1.54, 1.807) is 19.6 Å². The van der Waals surface area contributed by atoms with Crippen LogP contribution < -0.4 is 16.0 Å². The van der Waals surface area contributed by atoms with Crippen LogP contribution in [-0.2, 0) is 9.47 Å². The van der Waals surface area contributed by atoms with Gasteiger partial charge in [0, 0.05) is 51.6 Å². The summed E-state index contributed by atoms with van der Waals surface area (Å²) >= 11 is 6.44. The second-order valence-electron chi connectivity index (χ2n) is 8.76. The Morgan fingerprint density at radius 3 is 2.64 bits per heavy atom. The van der Waals surface area contributed by atoms with Gasteiger partial charge in [0.2, 0.25) is 5.95 Å². The highest BCUT2D eigenvalue weighted by Gasteiger charge is 2.22. The minimum atomic E-state index is 0.349. The van der Waals surface area contributed by atoms with Crippen LogP contribution in [0.25, 0.3) is 11.4 Å². The van der Waals surface area contributed by atoms with Crippen molar-refractivity contribution >= 4 is 23.4 Å². The predicted molar refractivity (Wildman–Crippen MR) is 130 cm³/mol. The largest absolute Gasteiger partial charge is 0.383 e. The lowest BCUT2D eigenvalue weighted by atomic mass is 9.91. The minimum absolute atomic E-state index is 0.349. The lowest BCUT2D eigenvalue weighted by Gasteiger charge is -2.29. The Morgan fingerprint density at radius 2 is 1.85 bits per heavy atom. The highest BCUT2D eigenvalue weighted by Crippen LogP contribution is 2.27. The fourth-order valence-electron chi connectivity index (χ4n) is 4.39. The SMILES string of the molecule is COCCNC1CCC(Nc2ncc(Cl)c(-c3cc(NCC4CCOCC4)ncn3)n2)CC1. The van der Waals surface area contributed by atoms with Gasteiger partial charge in [0.05, 0.1) is 23.5 Å². The number of anilines is 2. The molecule has 180 valence electrons. The molecule has 1 aliphatic carbocycles. The van der Waals surface area contributed by atoms with Crippen molar-refractivity contribution in [3.8, 4) is 11.4 Å². The van der Waals surface area contributed by atoms with Crippen molar-refractivity contribution in [2.45, 2.75) is 50.6 Å². The predicted octanol–water partition coefficient (Wildman–Crippen LogP) is 3.38. The quantitative estimate of drug-likeness (QED) is 0.446. The molecular formula is C23H34ClN7O2. The lowest BCUT2D eigenvalue weighted by molar-refractivity contribution is 0.0699. The van der Waals surface area contributed by atoms with Crippen LogP contribution in [0.4, 0.5) is 11.8 Å².